The molecule has 0 unspecified atom stereocenters. The summed E-state index contributed by atoms with van der Waals surface area (Å²) in [5.74, 6) is 2.72. The zero-order chi connectivity index (χ0) is 11.4. The number of carbonyl (C=O) groups is 1. The average molecular weight is 217 g/mol. The molecule has 1 aromatic heterocycles. The summed E-state index contributed by atoms with van der Waals surface area (Å²) in [6, 6.07) is 3.93. The maximum atomic E-state index is 11.8. The molecule has 0 aliphatic carbocycles. The predicted octanol–water partition coefficient (Wildman–Crippen LogP) is 0.292. The molecule has 0 saturated carbocycles. The van der Waals surface area contributed by atoms with Crippen molar-refractivity contribution >= 4 is 5.91 Å². The van der Waals surface area contributed by atoms with Gasteiger partial charge >= 0.3 is 0 Å². The van der Waals surface area contributed by atoms with Gasteiger partial charge in [-0.15, -0.1) is 6.42 Å². The first kappa shape index (κ1) is 10.8. The van der Waals surface area contributed by atoms with Crippen LogP contribution in [0.3, 0.4) is 0 Å². The third-order valence-corrected chi connectivity index (χ3v) is 2.74. The number of hydrogen-bond donors (Lipinski definition) is 1. The number of amides is 1. The molecule has 1 saturated heterocycles. The summed E-state index contributed by atoms with van der Waals surface area (Å²) in [5, 5.41) is 0. The molecular formula is C12H15N3O. The lowest BCUT2D eigenvalue weighted by Crippen LogP contribution is -2.49. The fourth-order valence-corrected chi connectivity index (χ4v) is 1.86. The van der Waals surface area contributed by atoms with E-state index < -0.39 is 0 Å². The highest BCUT2D eigenvalue weighted by atomic mass is 16.2. The molecule has 4 nitrogen and oxygen atoms in total. The second-order valence-electron chi connectivity index (χ2n) is 3.93. The topological polar surface area (TPSA) is 39.3 Å². The SMILES string of the molecule is C#CCN1CCN(Cc2ccc[nH]2)C(=O)C1. The minimum Gasteiger partial charge on any atom is -0.364 e. The molecule has 0 radical (unpaired) electrons. The number of H-pyrrole nitrogens is 1. The molecular weight excluding hydrogens is 202 g/mol. The van der Waals surface area contributed by atoms with Gasteiger partial charge in [0.15, 0.2) is 0 Å². The number of terminal acetylenes is 1. The van der Waals surface area contributed by atoms with Crippen LogP contribution < -0.4 is 0 Å². The number of carbonyl (C=O) groups excluding carboxylic acids is 1. The van der Waals surface area contributed by atoms with Gasteiger partial charge in [-0.1, -0.05) is 5.92 Å². The van der Waals surface area contributed by atoms with Crippen molar-refractivity contribution in [1.82, 2.24) is 14.8 Å². The molecule has 16 heavy (non-hydrogen) atoms. The highest BCUT2D eigenvalue weighted by molar-refractivity contribution is 5.79. The van der Waals surface area contributed by atoms with Crippen LogP contribution in [0.25, 0.3) is 0 Å². The summed E-state index contributed by atoms with van der Waals surface area (Å²) in [6.07, 6.45) is 7.10. The summed E-state index contributed by atoms with van der Waals surface area (Å²) in [4.78, 5) is 18.8. The van der Waals surface area contributed by atoms with E-state index in [9.17, 15) is 4.79 Å². The third-order valence-electron chi connectivity index (χ3n) is 2.74. The van der Waals surface area contributed by atoms with E-state index in [1.807, 2.05) is 28.1 Å². The van der Waals surface area contributed by atoms with Crippen LogP contribution in [0.2, 0.25) is 0 Å². The Morgan fingerprint density at radius 1 is 1.50 bits per heavy atom. The summed E-state index contributed by atoms with van der Waals surface area (Å²) in [7, 11) is 0. The smallest absolute Gasteiger partial charge is 0.237 e. The van der Waals surface area contributed by atoms with Crippen LogP contribution in [0.15, 0.2) is 18.3 Å². The van der Waals surface area contributed by atoms with Crippen LogP contribution >= 0.6 is 0 Å². The van der Waals surface area contributed by atoms with Crippen LogP contribution in [0.5, 0.6) is 0 Å². The third kappa shape index (κ3) is 2.44. The van der Waals surface area contributed by atoms with Gasteiger partial charge in [-0.3, -0.25) is 9.69 Å². The van der Waals surface area contributed by atoms with E-state index in [2.05, 4.69) is 10.9 Å². The second kappa shape index (κ2) is 4.86. The van der Waals surface area contributed by atoms with E-state index in [4.69, 9.17) is 6.42 Å². The van der Waals surface area contributed by atoms with E-state index >= 15 is 0 Å². The number of rotatable bonds is 3. The number of hydrogen-bond acceptors (Lipinski definition) is 2. The van der Waals surface area contributed by atoms with E-state index in [1.165, 1.54) is 0 Å². The standard InChI is InChI=1S/C12H15N3O/c1-2-6-14-7-8-15(12(16)10-14)9-11-4-3-5-13-11/h1,3-5,13H,6-10H2. The number of aromatic amines is 1. The lowest BCUT2D eigenvalue weighted by molar-refractivity contribution is -0.136. The first-order chi connectivity index (χ1) is 7.79. The van der Waals surface area contributed by atoms with Gasteiger partial charge < -0.3 is 9.88 Å². The molecule has 4 heteroatoms. The van der Waals surface area contributed by atoms with Crippen molar-refractivity contribution in [1.29, 1.82) is 0 Å². The predicted molar refractivity (Wildman–Crippen MR) is 61.5 cm³/mol. The Kier molecular flexibility index (Phi) is 3.28. The van der Waals surface area contributed by atoms with E-state index in [1.54, 1.807) is 0 Å². The summed E-state index contributed by atoms with van der Waals surface area (Å²) in [5.41, 5.74) is 1.07. The van der Waals surface area contributed by atoms with Crippen molar-refractivity contribution in [2.45, 2.75) is 6.54 Å². The van der Waals surface area contributed by atoms with Crippen molar-refractivity contribution in [2.24, 2.45) is 0 Å². The Hall–Kier alpha value is -1.73. The van der Waals surface area contributed by atoms with Crippen LogP contribution in [0.4, 0.5) is 0 Å². The van der Waals surface area contributed by atoms with Gasteiger partial charge in [0, 0.05) is 25.0 Å². The van der Waals surface area contributed by atoms with E-state index in [0.717, 1.165) is 18.8 Å². The molecule has 1 aromatic rings. The number of aromatic nitrogens is 1. The largest absolute Gasteiger partial charge is 0.364 e. The summed E-state index contributed by atoms with van der Waals surface area (Å²) in [6.45, 7) is 3.26. The van der Waals surface area contributed by atoms with Crippen LogP contribution in [0.1, 0.15) is 5.69 Å². The van der Waals surface area contributed by atoms with Gasteiger partial charge in [0.25, 0.3) is 0 Å². The first-order valence-corrected chi connectivity index (χ1v) is 5.35. The first-order valence-electron chi connectivity index (χ1n) is 5.35. The van der Waals surface area contributed by atoms with Crippen LogP contribution in [-0.2, 0) is 11.3 Å². The van der Waals surface area contributed by atoms with Crippen molar-refractivity contribution < 1.29 is 4.79 Å². The molecule has 0 aromatic carbocycles. The van der Waals surface area contributed by atoms with Gasteiger partial charge in [0.05, 0.1) is 19.6 Å². The highest BCUT2D eigenvalue weighted by Gasteiger charge is 2.23. The second-order valence-corrected chi connectivity index (χ2v) is 3.93. The fraction of sp³-hybridized carbons (Fsp3) is 0.417. The van der Waals surface area contributed by atoms with Crippen molar-refractivity contribution in [2.75, 3.05) is 26.2 Å². The van der Waals surface area contributed by atoms with Crippen LogP contribution in [-0.4, -0.2) is 46.9 Å². The van der Waals surface area contributed by atoms with E-state index in [-0.39, 0.29) is 5.91 Å². The Labute approximate surface area is 95.2 Å². The van der Waals surface area contributed by atoms with Gasteiger partial charge in [0.1, 0.15) is 0 Å². The minimum absolute atomic E-state index is 0.149. The van der Waals surface area contributed by atoms with Gasteiger partial charge in [0.2, 0.25) is 5.91 Å². The number of piperazine rings is 1. The Bertz CT molecular complexity index is 391. The lowest BCUT2D eigenvalue weighted by Gasteiger charge is -2.33. The molecule has 0 bridgehead atoms. The monoisotopic (exact) mass is 217 g/mol. The molecule has 1 N–H and O–H groups in total. The van der Waals surface area contributed by atoms with Gasteiger partial charge in [-0.05, 0) is 12.1 Å². The number of nitrogens with one attached hydrogen (secondary N) is 1. The molecule has 1 amide bonds. The fourth-order valence-electron chi connectivity index (χ4n) is 1.86. The molecule has 0 spiro atoms. The molecule has 2 rings (SSSR count). The highest BCUT2D eigenvalue weighted by Crippen LogP contribution is 2.07. The van der Waals surface area contributed by atoms with Crippen molar-refractivity contribution in [3.8, 4) is 12.3 Å². The van der Waals surface area contributed by atoms with Crippen molar-refractivity contribution in [3.63, 3.8) is 0 Å². The quantitative estimate of drug-likeness (QED) is 0.739. The Balaban J connectivity index is 1.90. The normalized spacial score (nSPS) is 17.4. The maximum Gasteiger partial charge on any atom is 0.237 e. The molecule has 1 aliphatic heterocycles. The van der Waals surface area contributed by atoms with Gasteiger partial charge in [-0.25, -0.2) is 0 Å². The minimum atomic E-state index is 0.149. The average Bonchev–Trinajstić information content (AvgIpc) is 2.75. The molecule has 84 valence electrons. The van der Waals surface area contributed by atoms with Crippen LogP contribution in [0, 0.1) is 12.3 Å². The lowest BCUT2D eigenvalue weighted by atomic mass is 10.3. The zero-order valence-electron chi connectivity index (χ0n) is 9.15. The molecule has 0 atom stereocenters. The Morgan fingerprint density at radius 3 is 3.00 bits per heavy atom. The van der Waals surface area contributed by atoms with E-state index in [0.29, 0.717) is 19.6 Å². The zero-order valence-corrected chi connectivity index (χ0v) is 9.15. The Morgan fingerprint density at radius 2 is 2.38 bits per heavy atom. The molecule has 1 fully saturated rings. The van der Waals surface area contributed by atoms with Gasteiger partial charge in [-0.2, -0.15) is 0 Å². The van der Waals surface area contributed by atoms with Crippen molar-refractivity contribution in [3.05, 3.63) is 24.0 Å². The summed E-state index contributed by atoms with van der Waals surface area (Å²) < 4.78 is 0. The molecule has 2 heterocycles. The number of nitrogens with zero attached hydrogens (tertiary/aromatic N) is 2. The molecule has 1 aliphatic rings. The summed E-state index contributed by atoms with van der Waals surface area (Å²) >= 11 is 0. The maximum absolute atomic E-state index is 11.8.